The lowest BCUT2D eigenvalue weighted by Crippen LogP contribution is -2.40. The largest absolute Gasteiger partial charge is 0.273 e. The van der Waals surface area contributed by atoms with Crippen molar-refractivity contribution < 1.29 is 13.2 Å². The molecule has 0 aromatic rings. The third kappa shape index (κ3) is 2.22. The molecule has 1 aliphatic rings. The monoisotopic (exact) mass is 231 g/mol. The molecule has 1 aliphatic carbocycles. The molecule has 0 spiro atoms. The predicted molar refractivity (Wildman–Crippen MR) is 58.6 cm³/mol. The molecule has 0 radical (unpaired) electrons. The molecular formula is C10H17NO3S. The van der Waals surface area contributed by atoms with Crippen LogP contribution in [0.3, 0.4) is 0 Å². The van der Waals surface area contributed by atoms with E-state index in [0.717, 1.165) is 0 Å². The first-order chi connectivity index (χ1) is 6.74. The Labute approximate surface area is 90.8 Å². The van der Waals surface area contributed by atoms with Crippen molar-refractivity contribution in [2.45, 2.75) is 32.4 Å². The normalized spacial score (nSPS) is 30.0. The number of amides is 1. The van der Waals surface area contributed by atoms with Crippen LogP contribution in [0.5, 0.6) is 0 Å². The number of sulfonamides is 1. The fourth-order valence-corrected chi connectivity index (χ4v) is 2.09. The molecule has 0 bridgehead atoms. The minimum Gasteiger partial charge on any atom is -0.273 e. The van der Waals surface area contributed by atoms with Crippen molar-refractivity contribution in [3.05, 3.63) is 12.7 Å². The second-order valence-electron chi connectivity index (χ2n) is 4.49. The molecule has 1 fully saturated rings. The Hall–Kier alpha value is -0.840. The van der Waals surface area contributed by atoms with E-state index in [1.807, 2.05) is 0 Å². The van der Waals surface area contributed by atoms with Gasteiger partial charge in [0, 0.05) is 0 Å². The molecule has 4 nitrogen and oxygen atoms in total. The summed E-state index contributed by atoms with van der Waals surface area (Å²) in [6.45, 7) is 8.43. The highest BCUT2D eigenvalue weighted by Crippen LogP contribution is 2.53. The van der Waals surface area contributed by atoms with E-state index in [2.05, 4.69) is 11.3 Å². The Morgan fingerprint density at radius 2 is 2.13 bits per heavy atom. The van der Waals surface area contributed by atoms with Crippen molar-refractivity contribution in [3.8, 4) is 0 Å². The van der Waals surface area contributed by atoms with E-state index in [1.54, 1.807) is 13.0 Å². The van der Waals surface area contributed by atoms with E-state index in [1.165, 1.54) is 13.8 Å². The molecule has 0 heterocycles. The predicted octanol–water partition coefficient (Wildman–Crippen LogP) is 1.05. The molecule has 1 amide bonds. The van der Waals surface area contributed by atoms with Gasteiger partial charge in [0.25, 0.3) is 0 Å². The van der Waals surface area contributed by atoms with Gasteiger partial charge in [-0.25, -0.2) is 8.42 Å². The van der Waals surface area contributed by atoms with E-state index in [9.17, 15) is 13.2 Å². The second kappa shape index (κ2) is 3.63. The average molecular weight is 231 g/mol. The van der Waals surface area contributed by atoms with Crippen LogP contribution >= 0.6 is 0 Å². The van der Waals surface area contributed by atoms with Crippen LogP contribution < -0.4 is 4.72 Å². The summed E-state index contributed by atoms with van der Waals surface area (Å²) >= 11 is 0. The highest BCUT2D eigenvalue weighted by Gasteiger charge is 2.55. The van der Waals surface area contributed by atoms with Gasteiger partial charge in [-0.15, -0.1) is 6.58 Å². The van der Waals surface area contributed by atoms with E-state index < -0.39 is 26.6 Å². The minimum atomic E-state index is -3.51. The number of hydrogen-bond acceptors (Lipinski definition) is 3. The highest BCUT2D eigenvalue weighted by molar-refractivity contribution is 7.90. The van der Waals surface area contributed by atoms with Crippen molar-refractivity contribution in [1.29, 1.82) is 0 Å². The maximum Gasteiger partial charge on any atom is 0.239 e. The van der Waals surface area contributed by atoms with Crippen molar-refractivity contribution in [2.24, 2.45) is 11.3 Å². The first kappa shape index (κ1) is 12.2. The Morgan fingerprint density at radius 1 is 1.60 bits per heavy atom. The number of carbonyl (C=O) groups is 1. The molecule has 15 heavy (non-hydrogen) atoms. The fourth-order valence-electron chi connectivity index (χ4n) is 1.37. The SMILES string of the molecule is C=CC1CC1(C)C(=O)NS(=O)(=O)C(C)C. The van der Waals surface area contributed by atoms with E-state index >= 15 is 0 Å². The number of hydrogen-bond donors (Lipinski definition) is 1. The lowest BCUT2D eigenvalue weighted by Gasteiger charge is -2.13. The summed E-state index contributed by atoms with van der Waals surface area (Å²) in [4.78, 5) is 11.7. The number of nitrogens with one attached hydrogen (secondary N) is 1. The van der Waals surface area contributed by atoms with Gasteiger partial charge in [0.05, 0.1) is 10.7 Å². The maximum absolute atomic E-state index is 11.7. The summed E-state index contributed by atoms with van der Waals surface area (Å²) < 4.78 is 25.0. The molecule has 0 aromatic carbocycles. The molecule has 86 valence electrons. The molecule has 1 N–H and O–H groups in total. The van der Waals surface area contributed by atoms with Crippen molar-refractivity contribution in [2.75, 3.05) is 0 Å². The van der Waals surface area contributed by atoms with Crippen LogP contribution in [0.2, 0.25) is 0 Å². The summed E-state index contributed by atoms with van der Waals surface area (Å²) in [6, 6.07) is 0. The second-order valence-corrected chi connectivity index (χ2v) is 6.73. The zero-order chi connectivity index (χ0) is 11.9. The Morgan fingerprint density at radius 3 is 2.47 bits per heavy atom. The van der Waals surface area contributed by atoms with Crippen molar-refractivity contribution >= 4 is 15.9 Å². The van der Waals surface area contributed by atoms with Gasteiger partial charge in [-0.2, -0.15) is 0 Å². The smallest absolute Gasteiger partial charge is 0.239 e. The van der Waals surface area contributed by atoms with E-state index in [-0.39, 0.29) is 5.92 Å². The number of carbonyl (C=O) groups excluding carboxylic acids is 1. The van der Waals surface area contributed by atoms with Gasteiger partial charge in [0.1, 0.15) is 0 Å². The topological polar surface area (TPSA) is 63.2 Å². The summed E-state index contributed by atoms with van der Waals surface area (Å²) in [7, 11) is -3.51. The van der Waals surface area contributed by atoms with Crippen molar-refractivity contribution in [3.63, 3.8) is 0 Å². The van der Waals surface area contributed by atoms with Gasteiger partial charge in [0.2, 0.25) is 15.9 Å². The van der Waals surface area contributed by atoms with Crippen LogP contribution in [-0.2, 0) is 14.8 Å². The fraction of sp³-hybridized carbons (Fsp3) is 0.700. The van der Waals surface area contributed by atoms with Gasteiger partial charge >= 0.3 is 0 Å². The zero-order valence-electron chi connectivity index (χ0n) is 9.28. The molecule has 1 rings (SSSR count). The summed E-state index contributed by atoms with van der Waals surface area (Å²) in [6.07, 6.45) is 2.37. The third-order valence-corrected chi connectivity index (χ3v) is 4.67. The van der Waals surface area contributed by atoms with Crippen LogP contribution in [-0.4, -0.2) is 19.6 Å². The summed E-state index contributed by atoms with van der Waals surface area (Å²) in [5.41, 5.74) is -0.580. The zero-order valence-corrected chi connectivity index (χ0v) is 10.1. The molecule has 0 saturated heterocycles. The average Bonchev–Trinajstić information content (AvgIpc) is 2.78. The van der Waals surface area contributed by atoms with Gasteiger partial charge in [0.15, 0.2) is 0 Å². The highest BCUT2D eigenvalue weighted by atomic mass is 32.2. The lowest BCUT2D eigenvalue weighted by molar-refractivity contribution is -0.124. The Kier molecular flexibility index (Phi) is 2.96. The standard InChI is InChI=1S/C10H17NO3S/c1-5-8-6-10(8,4)9(12)11-15(13,14)7(2)3/h5,7-8H,1,6H2,2-4H3,(H,11,12). The third-order valence-electron chi connectivity index (χ3n) is 2.96. The number of allylic oxidation sites excluding steroid dienone is 1. The van der Waals surface area contributed by atoms with Gasteiger partial charge in [-0.05, 0) is 26.2 Å². The maximum atomic E-state index is 11.7. The Balaban J connectivity index is 2.70. The molecule has 2 unspecified atom stereocenters. The minimum absolute atomic E-state index is 0.0971. The van der Waals surface area contributed by atoms with Crippen LogP contribution in [0.4, 0.5) is 0 Å². The van der Waals surface area contributed by atoms with Crippen molar-refractivity contribution in [1.82, 2.24) is 4.72 Å². The lowest BCUT2D eigenvalue weighted by atomic mass is 10.1. The molecular weight excluding hydrogens is 214 g/mol. The van der Waals surface area contributed by atoms with Crippen LogP contribution in [0, 0.1) is 11.3 Å². The van der Waals surface area contributed by atoms with Crippen LogP contribution in [0.1, 0.15) is 27.2 Å². The van der Waals surface area contributed by atoms with Crippen LogP contribution in [0.15, 0.2) is 12.7 Å². The molecule has 2 atom stereocenters. The van der Waals surface area contributed by atoms with Gasteiger partial charge in [-0.1, -0.05) is 13.0 Å². The van der Waals surface area contributed by atoms with Gasteiger partial charge < -0.3 is 0 Å². The number of rotatable bonds is 4. The first-order valence-corrected chi connectivity index (χ1v) is 6.47. The van der Waals surface area contributed by atoms with E-state index in [0.29, 0.717) is 6.42 Å². The molecule has 0 aliphatic heterocycles. The molecule has 1 saturated carbocycles. The Bertz CT molecular complexity index is 385. The molecule has 5 heteroatoms. The summed E-state index contributed by atoms with van der Waals surface area (Å²) in [5, 5.41) is -0.592. The van der Waals surface area contributed by atoms with E-state index in [4.69, 9.17) is 0 Å². The van der Waals surface area contributed by atoms with Gasteiger partial charge in [-0.3, -0.25) is 9.52 Å². The molecule has 0 aromatic heterocycles. The summed E-state index contributed by atoms with van der Waals surface area (Å²) in [5.74, 6) is -0.319. The quantitative estimate of drug-likeness (QED) is 0.736. The first-order valence-electron chi connectivity index (χ1n) is 4.92. The van der Waals surface area contributed by atoms with Crippen LogP contribution in [0.25, 0.3) is 0 Å².